The van der Waals surface area contributed by atoms with Gasteiger partial charge < -0.3 is 15.5 Å². The standard InChI is InChI=1S/C24H19N5O3S/c25-13-17-8-11-23(32-17)21-12-20-22(14-26-21)27-15-28-24(20)29-16-6-9-19(10-7-16)33(30,31)18-4-2-1-3-5-18/h1-12,14-15H,13,25H2,(H,27,28,29). The number of sulfone groups is 1. The van der Waals surface area contributed by atoms with Crippen LogP contribution in [0.2, 0.25) is 0 Å². The molecule has 0 atom stereocenters. The number of rotatable bonds is 6. The molecule has 3 N–H and O–H groups in total. The minimum absolute atomic E-state index is 0.215. The molecule has 0 aliphatic carbocycles. The van der Waals surface area contributed by atoms with Gasteiger partial charge in [0.2, 0.25) is 9.84 Å². The van der Waals surface area contributed by atoms with Crippen LogP contribution in [0.5, 0.6) is 0 Å². The lowest BCUT2D eigenvalue weighted by Gasteiger charge is -2.10. The Morgan fingerprint density at radius 1 is 0.879 bits per heavy atom. The Balaban J connectivity index is 1.46. The molecule has 0 amide bonds. The van der Waals surface area contributed by atoms with Crippen molar-refractivity contribution in [2.75, 3.05) is 5.32 Å². The van der Waals surface area contributed by atoms with E-state index in [2.05, 4.69) is 20.3 Å². The third-order valence-corrected chi connectivity index (χ3v) is 6.90. The second-order valence-electron chi connectivity index (χ2n) is 7.24. The van der Waals surface area contributed by atoms with Crippen LogP contribution in [0.15, 0.2) is 99.5 Å². The summed E-state index contributed by atoms with van der Waals surface area (Å²) in [4.78, 5) is 13.5. The average molecular weight is 458 g/mol. The van der Waals surface area contributed by atoms with E-state index in [1.54, 1.807) is 60.8 Å². The molecule has 33 heavy (non-hydrogen) atoms. The second-order valence-corrected chi connectivity index (χ2v) is 9.19. The highest BCUT2D eigenvalue weighted by Gasteiger charge is 2.17. The molecule has 0 spiro atoms. The number of anilines is 2. The van der Waals surface area contributed by atoms with Crippen LogP contribution in [0.4, 0.5) is 11.5 Å². The maximum Gasteiger partial charge on any atom is 0.206 e. The molecule has 3 aromatic heterocycles. The molecule has 0 fully saturated rings. The Labute approximate surface area is 190 Å². The molecule has 8 nitrogen and oxygen atoms in total. The van der Waals surface area contributed by atoms with Gasteiger partial charge in [-0.15, -0.1) is 0 Å². The van der Waals surface area contributed by atoms with Gasteiger partial charge in [-0.2, -0.15) is 0 Å². The van der Waals surface area contributed by atoms with E-state index in [0.717, 1.165) is 5.39 Å². The summed E-state index contributed by atoms with van der Waals surface area (Å²) < 4.78 is 31.3. The summed E-state index contributed by atoms with van der Waals surface area (Å²) in [6, 6.07) is 20.3. The summed E-state index contributed by atoms with van der Waals surface area (Å²) >= 11 is 0. The van der Waals surface area contributed by atoms with Gasteiger partial charge in [-0.1, -0.05) is 18.2 Å². The van der Waals surface area contributed by atoms with Gasteiger partial charge in [0.05, 0.1) is 28.0 Å². The van der Waals surface area contributed by atoms with E-state index >= 15 is 0 Å². The highest BCUT2D eigenvalue weighted by molar-refractivity contribution is 7.91. The molecule has 0 saturated carbocycles. The third-order valence-electron chi connectivity index (χ3n) is 5.12. The first-order chi connectivity index (χ1) is 16.0. The van der Waals surface area contributed by atoms with Gasteiger partial charge in [0.1, 0.15) is 23.6 Å². The van der Waals surface area contributed by atoms with Crippen LogP contribution in [0.3, 0.4) is 0 Å². The number of nitrogens with zero attached hydrogens (tertiary/aromatic N) is 3. The highest BCUT2D eigenvalue weighted by Crippen LogP contribution is 2.29. The number of nitrogens with one attached hydrogen (secondary N) is 1. The zero-order valence-electron chi connectivity index (χ0n) is 17.3. The Morgan fingerprint density at radius 2 is 1.64 bits per heavy atom. The van der Waals surface area contributed by atoms with Gasteiger partial charge in [-0.25, -0.2) is 18.4 Å². The van der Waals surface area contributed by atoms with Crippen LogP contribution in [0, 0.1) is 0 Å². The second kappa shape index (κ2) is 8.45. The Morgan fingerprint density at radius 3 is 2.36 bits per heavy atom. The molecular weight excluding hydrogens is 438 g/mol. The van der Waals surface area contributed by atoms with Crippen LogP contribution in [0.1, 0.15) is 5.76 Å². The predicted molar refractivity (Wildman–Crippen MR) is 125 cm³/mol. The first-order valence-corrected chi connectivity index (χ1v) is 11.6. The molecule has 0 aliphatic heterocycles. The van der Waals surface area contributed by atoms with Crippen molar-refractivity contribution in [2.45, 2.75) is 16.3 Å². The summed E-state index contributed by atoms with van der Waals surface area (Å²) in [5, 5.41) is 3.98. The summed E-state index contributed by atoms with van der Waals surface area (Å²) in [7, 11) is -3.58. The Kier molecular flexibility index (Phi) is 5.33. The number of nitrogens with two attached hydrogens (primary N) is 1. The zero-order chi connectivity index (χ0) is 22.8. The Hall–Kier alpha value is -4.08. The van der Waals surface area contributed by atoms with Gasteiger partial charge >= 0.3 is 0 Å². The van der Waals surface area contributed by atoms with Crippen LogP contribution in [-0.2, 0) is 16.4 Å². The molecule has 0 aliphatic rings. The van der Waals surface area contributed by atoms with Crippen LogP contribution in [-0.4, -0.2) is 23.4 Å². The maximum absolute atomic E-state index is 12.8. The van der Waals surface area contributed by atoms with Gasteiger partial charge in [0.25, 0.3) is 0 Å². The largest absolute Gasteiger partial charge is 0.458 e. The normalized spacial score (nSPS) is 11.5. The van der Waals surface area contributed by atoms with Gasteiger partial charge in [0, 0.05) is 11.1 Å². The van der Waals surface area contributed by atoms with Gasteiger partial charge in [0.15, 0.2) is 5.76 Å². The van der Waals surface area contributed by atoms with Crippen LogP contribution >= 0.6 is 0 Å². The summed E-state index contributed by atoms with van der Waals surface area (Å²) in [5.41, 5.74) is 7.60. The van der Waals surface area contributed by atoms with E-state index in [4.69, 9.17) is 10.2 Å². The summed E-state index contributed by atoms with van der Waals surface area (Å²) in [6.07, 6.45) is 3.09. The van der Waals surface area contributed by atoms with E-state index in [-0.39, 0.29) is 9.79 Å². The lowest BCUT2D eigenvalue weighted by atomic mass is 10.2. The van der Waals surface area contributed by atoms with E-state index in [9.17, 15) is 8.42 Å². The van der Waals surface area contributed by atoms with Crippen molar-refractivity contribution >= 4 is 32.2 Å². The SMILES string of the molecule is NCc1ccc(-c2cc3c(Nc4ccc(S(=O)(=O)c5ccccc5)cc4)ncnc3cn2)o1. The molecule has 2 aromatic carbocycles. The summed E-state index contributed by atoms with van der Waals surface area (Å²) in [5.74, 6) is 1.83. The molecule has 164 valence electrons. The highest BCUT2D eigenvalue weighted by atomic mass is 32.2. The minimum atomic E-state index is -3.58. The number of pyridine rings is 1. The Bertz CT molecular complexity index is 1530. The van der Waals surface area contributed by atoms with Crippen molar-refractivity contribution in [1.82, 2.24) is 15.0 Å². The minimum Gasteiger partial charge on any atom is -0.458 e. The van der Waals surface area contributed by atoms with Crippen molar-refractivity contribution in [3.05, 3.63) is 91.1 Å². The summed E-state index contributed by atoms with van der Waals surface area (Å²) in [6.45, 7) is 0.305. The number of furan rings is 1. The fourth-order valence-electron chi connectivity index (χ4n) is 3.41. The number of hydrogen-bond acceptors (Lipinski definition) is 8. The molecule has 0 unspecified atom stereocenters. The zero-order valence-corrected chi connectivity index (χ0v) is 18.2. The van der Waals surface area contributed by atoms with Gasteiger partial charge in [-0.3, -0.25) is 4.98 Å². The maximum atomic E-state index is 12.8. The molecule has 0 saturated heterocycles. The van der Waals surface area contributed by atoms with Gasteiger partial charge in [-0.05, 0) is 54.6 Å². The smallest absolute Gasteiger partial charge is 0.206 e. The average Bonchev–Trinajstić information content (AvgIpc) is 3.34. The fourth-order valence-corrected chi connectivity index (χ4v) is 4.69. The van der Waals surface area contributed by atoms with E-state index < -0.39 is 9.84 Å². The van der Waals surface area contributed by atoms with Crippen molar-refractivity contribution in [1.29, 1.82) is 0 Å². The lowest BCUT2D eigenvalue weighted by Crippen LogP contribution is -2.02. The molecule has 0 bridgehead atoms. The van der Waals surface area contributed by atoms with E-state index in [1.165, 1.54) is 6.33 Å². The predicted octanol–water partition coefficient (Wildman–Crippen LogP) is 4.32. The van der Waals surface area contributed by atoms with E-state index in [0.29, 0.717) is 40.8 Å². The lowest BCUT2D eigenvalue weighted by molar-refractivity contribution is 0.524. The topological polar surface area (TPSA) is 124 Å². The van der Waals surface area contributed by atoms with Crippen LogP contribution in [0.25, 0.3) is 22.4 Å². The van der Waals surface area contributed by atoms with E-state index in [1.807, 2.05) is 18.2 Å². The molecule has 3 heterocycles. The van der Waals surface area contributed by atoms with Crippen LogP contribution < -0.4 is 11.1 Å². The molecule has 9 heteroatoms. The molecule has 5 aromatic rings. The number of benzene rings is 2. The molecule has 0 radical (unpaired) electrons. The number of hydrogen-bond donors (Lipinski definition) is 2. The number of aromatic nitrogens is 3. The van der Waals surface area contributed by atoms with Crippen molar-refractivity contribution in [3.8, 4) is 11.5 Å². The first kappa shape index (κ1) is 20.8. The van der Waals surface area contributed by atoms with Crippen molar-refractivity contribution < 1.29 is 12.8 Å². The molecule has 5 rings (SSSR count). The monoisotopic (exact) mass is 457 g/mol. The third kappa shape index (κ3) is 4.07. The van der Waals surface area contributed by atoms with Crippen molar-refractivity contribution in [3.63, 3.8) is 0 Å². The molecular formula is C24H19N5O3S. The first-order valence-electron chi connectivity index (χ1n) is 10.1. The van der Waals surface area contributed by atoms with Crippen molar-refractivity contribution in [2.24, 2.45) is 5.73 Å². The quantitative estimate of drug-likeness (QED) is 0.386. The fraction of sp³-hybridized carbons (Fsp3) is 0.0417. The number of fused-ring (bicyclic) bond motifs is 1.